The Balaban J connectivity index is 0.00000147. The maximum atomic E-state index is 12.0. The third-order valence-corrected chi connectivity index (χ3v) is 3.96. The highest BCUT2D eigenvalue weighted by molar-refractivity contribution is 7.13. The molecule has 0 radical (unpaired) electrons. The molecule has 1 aromatic carbocycles. The molecule has 106 valence electrons. The van der Waals surface area contributed by atoms with Crippen molar-refractivity contribution >= 4 is 34.8 Å². The minimum atomic E-state index is -0.658. The van der Waals surface area contributed by atoms with Crippen LogP contribution in [0.5, 0.6) is 0 Å². The summed E-state index contributed by atoms with van der Waals surface area (Å²) in [5.41, 5.74) is 7.83. The van der Waals surface area contributed by atoms with E-state index in [0.717, 1.165) is 11.3 Å². The summed E-state index contributed by atoms with van der Waals surface area (Å²) in [5, 5.41) is 5.44. The standard InChI is InChI=1S/C14H15N3OS.ClH/c15-12(10-4-2-1-3-5-10)13(18)17-14-16-11(8-19-14)9-6-7-9;/h1-5,8-9,12H,6-7,15H2,(H,16,17,18);1H. The SMILES string of the molecule is Cl.NC(C(=O)Nc1nc(C2CC2)cs1)c1ccccc1. The summed E-state index contributed by atoms with van der Waals surface area (Å²) in [7, 11) is 0. The van der Waals surface area contributed by atoms with Crippen LogP contribution in [0.3, 0.4) is 0 Å². The van der Waals surface area contributed by atoms with Crippen molar-refractivity contribution < 1.29 is 4.79 Å². The number of nitrogens with one attached hydrogen (secondary N) is 1. The van der Waals surface area contributed by atoms with Gasteiger partial charge in [-0.3, -0.25) is 4.79 Å². The van der Waals surface area contributed by atoms with E-state index in [2.05, 4.69) is 10.3 Å². The van der Waals surface area contributed by atoms with E-state index in [1.807, 2.05) is 35.7 Å². The molecule has 1 aromatic heterocycles. The Morgan fingerprint density at radius 3 is 2.70 bits per heavy atom. The molecule has 1 aliphatic rings. The molecule has 1 amide bonds. The van der Waals surface area contributed by atoms with Crippen molar-refractivity contribution in [2.75, 3.05) is 5.32 Å². The van der Waals surface area contributed by atoms with Crippen LogP contribution >= 0.6 is 23.7 Å². The second-order valence-corrected chi connectivity index (χ2v) is 5.59. The molecule has 2 aromatic rings. The Kier molecular flexibility index (Phi) is 4.75. The molecule has 0 spiro atoms. The van der Waals surface area contributed by atoms with Crippen molar-refractivity contribution in [3.05, 3.63) is 47.0 Å². The van der Waals surface area contributed by atoms with Crippen molar-refractivity contribution in [2.45, 2.75) is 24.8 Å². The lowest BCUT2D eigenvalue weighted by Gasteiger charge is -2.10. The van der Waals surface area contributed by atoms with Crippen LogP contribution in [0, 0.1) is 0 Å². The van der Waals surface area contributed by atoms with Crippen LogP contribution in [0.2, 0.25) is 0 Å². The third-order valence-electron chi connectivity index (χ3n) is 3.19. The van der Waals surface area contributed by atoms with Crippen molar-refractivity contribution in [1.29, 1.82) is 0 Å². The molecule has 1 heterocycles. The molecule has 1 fully saturated rings. The Bertz CT molecular complexity index is 583. The Morgan fingerprint density at radius 1 is 1.35 bits per heavy atom. The number of hydrogen-bond donors (Lipinski definition) is 2. The summed E-state index contributed by atoms with van der Waals surface area (Å²) in [5.74, 6) is 0.382. The van der Waals surface area contributed by atoms with Crippen molar-refractivity contribution in [3.8, 4) is 0 Å². The first-order chi connectivity index (χ1) is 9.24. The molecule has 1 atom stereocenters. The first-order valence-corrected chi connectivity index (χ1v) is 7.19. The van der Waals surface area contributed by atoms with Crippen molar-refractivity contribution in [2.24, 2.45) is 5.73 Å². The van der Waals surface area contributed by atoms with Crippen LogP contribution in [0.25, 0.3) is 0 Å². The van der Waals surface area contributed by atoms with Gasteiger partial charge in [0.2, 0.25) is 5.91 Å². The Morgan fingerprint density at radius 2 is 2.05 bits per heavy atom. The van der Waals surface area contributed by atoms with Gasteiger partial charge in [-0.15, -0.1) is 23.7 Å². The van der Waals surface area contributed by atoms with Gasteiger partial charge >= 0.3 is 0 Å². The number of hydrogen-bond acceptors (Lipinski definition) is 4. The lowest BCUT2D eigenvalue weighted by atomic mass is 10.1. The van der Waals surface area contributed by atoms with Gasteiger partial charge in [-0.2, -0.15) is 0 Å². The minimum Gasteiger partial charge on any atom is -0.316 e. The Labute approximate surface area is 127 Å². The lowest BCUT2D eigenvalue weighted by molar-refractivity contribution is -0.117. The fraction of sp³-hybridized carbons (Fsp3) is 0.286. The third kappa shape index (κ3) is 3.36. The molecule has 0 aliphatic heterocycles. The topological polar surface area (TPSA) is 68.0 Å². The first-order valence-electron chi connectivity index (χ1n) is 6.31. The highest BCUT2D eigenvalue weighted by atomic mass is 35.5. The molecule has 3 rings (SSSR count). The van der Waals surface area contributed by atoms with E-state index in [-0.39, 0.29) is 18.3 Å². The molecule has 4 nitrogen and oxygen atoms in total. The van der Waals surface area contributed by atoms with Gasteiger partial charge in [0, 0.05) is 11.3 Å². The summed E-state index contributed by atoms with van der Waals surface area (Å²) in [6.45, 7) is 0. The predicted molar refractivity (Wildman–Crippen MR) is 83.3 cm³/mol. The van der Waals surface area contributed by atoms with E-state index in [0.29, 0.717) is 11.0 Å². The average molecular weight is 310 g/mol. The maximum Gasteiger partial charge on any atom is 0.247 e. The molecule has 0 bridgehead atoms. The molecular formula is C14H16ClN3OS. The predicted octanol–water partition coefficient (Wildman–Crippen LogP) is 3.08. The van der Waals surface area contributed by atoms with Crippen LogP contribution < -0.4 is 11.1 Å². The van der Waals surface area contributed by atoms with Gasteiger partial charge in [-0.05, 0) is 18.4 Å². The van der Waals surface area contributed by atoms with Gasteiger partial charge in [0.15, 0.2) is 5.13 Å². The summed E-state index contributed by atoms with van der Waals surface area (Å²) >= 11 is 1.46. The van der Waals surface area contributed by atoms with E-state index >= 15 is 0 Å². The molecule has 20 heavy (non-hydrogen) atoms. The van der Waals surface area contributed by atoms with E-state index in [1.165, 1.54) is 24.2 Å². The second-order valence-electron chi connectivity index (χ2n) is 4.73. The fourth-order valence-corrected chi connectivity index (χ4v) is 2.70. The monoisotopic (exact) mass is 309 g/mol. The molecule has 1 saturated carbocycles. The number of aromatic nitrogens is 1. The molecule has 1 aliphatic carbocycles. The normalized spacial score (nSPS) is 15.2. The number of nitrogens with two attached hydrogens (primary N) is 1. The van der Waals surface area contributed by atoms with Gasteiger partial charge in [-0.25, -0.2) is 4.98 Å². The Hall–Kier alpha value is -1.43. The zero-order chi connectivity index (χ0) is 13.2. The lowest BCUT2D eigenvalue weighted by Crippen LogP contribution is -2.27. The van der Waals surface area contributed by atoms with E-state index in [1.54, 1.807) is 0 Å². The van der Waals surface area contributed by atoms with Crippen LogP contribution in [-0.4, -0.2) is 10.9 Å². The van der Waals surface area contributed by atoms with E-state index in [9.17, 15) is 4.79 Å². The molecule has 6 heteroatoms. The zero-order valence-corrected chi connectivity index (χ0v) is 12.4. The van der Waals surface area contributed by atoms with Crippen LogP contribution in [0.1, 0.15) is 36.1 Å². The minimum absolute atomic E-state index is 0. The molecule has 1 unspecified atom stereocenters. The summed E-state index contributed by atoms with van der Waals surface area (Å²) in [6, 6.07) is 8.68. The number of carbonyl (C=O) groups excluding carboxylic acids is 1. The number of anilines is 1. The van der Waals surface area contributed by atoms with Gasteiger partial charge in [0.05, 0.1) is 5.69 Å². The van der Waals surface area contributed by atoms with Gasteiger partial charge < -0.3 is 11.1 Å². The fourth-order valence-electron chi connectivity index (χ4n) is 1.91. The smallest absolute Gasteiger partial charge is 0.247 e. The summed E-state index contributed by atoms with van der Waals surface area (Å²) < 4.78 is 0. The number of benzene rings is 1. The highest BCUT2D eigenvalue weighted by Crippen LogP contribution is 2.40. The number of amides is 1. The van der Waals surface area contributed by atoms with E-state index in [4.69, 9.17) is 5.73 Å². The summed E-state index contributed by atoms with van der Waals surface area (Å²) in [4.78, 5) is 16.5. The van der Waals surface area contributed by atoms with Gasteiger partial charge in [0.1, 0.15) is 6.04 Å². The van der Waals surface area contributed by atoms with E-state index < -0.39 is 6.04 Å². The molecular weight excluding hydrogens is 294 g/mol. The van der Waals surface area contributed by atoms with Crippen LogP contribution in [0.4, 0.5) is 5.13 Å². The number of nitrogens with zero attached hydrogens (tertiary/aromatic N) is 1. The van der Waals surface area contributed by atoms with Crippen LogP contribution in [0.15, 0.2) is 35.7 Å². The number of carbonyl (C=O) groups is 1. The second kappa shape index (κ2) is 6.35. The average Bonchev–Trinajstić information content (AvgIpc) is 3.20. The number of thiazole rings is 1. The first kappa shape index (κ1) is 15.0. The van der Waals surface area contributed by atoms with Crippen molar-refractivity contribution in [1.82, 2.24) is 4.98 Å². The molecule has 0 saturated heterocycles. The highest BCUT2D eigenvalue weighted by Gasteiger charge is 2.26. The van der Waals surface area contributed by atoms with Gasteiger partial charge in [-0.1, -0.05) is 30.3 Å². The van der Waals surface area contributed by atoms with Crippen LogP contribution in [-0.2, 0) is 4.79 Å². The van der Waals surface area contributed by atoms with Gasteiger partial charge in [0.25, 0.3) is 0 Å². The maximum absolute atomic E-state index is 12.0. The number of rotatable bonds is 4. The quantitative estimate of drug-likeness (QED) is 0.912. The summed E-state index contributed by atoms with van der Waals surface area (Å²) in [6.07, 6.45) is 2.42. The molecule has 3 N–H and O–H groups in total. The van der Waals surface area contributed by atoms with Crippen molar-refractivity contribution in [3.63, 3.8) is 0 Å². The number of halogens is 1. The largest absolute Gasteiger partial charge is 0.316 e. The zero-order valence-electron chi connectivity index (χ0n) is 10.8.